The summed E-state index contributed by atoms with van der Waals surface area (Å²) in [6.07, 6.45) is 8.72. The molecule has 2 aliphatic rings. The summed E-state index contributed by atoms with van der Waals surface area (Å²) in [6, 6.07) is 0.800. The molecule has 1 nitrogen and oxygen atoms in total. The molecule has 2 unspecified atom stereocenters. The average molecular weight is 195 g/mol. The SMILES string of the molecule is CNC1CCC(C)(C)C(C2CCC2)C1. The molecule has 0 bridgehead atoms. The zero-order chi connectivity index (χ0) is 10.2. The first-order chi connectivity index (χ1) is 6.63. The van der Waals surface area contributed by atoms with Gasteiger partial charge < -0.3 is 5.32 Å². The van der Waals surface area contributed by atoms with E-state index in [9.17, 15) is 0 Å². The van der Waals surface area contributed by atoms with E-state index in [1.807, 2.05) is 0 Å². The van der Waals surface area contributed by atoms with Gasteiger partial charge in [-0.15, -0.1) is 0 Å². The number of nitrogens with one attached hydrogen (secondary N) is 1. The summed E-state index contributed by atoms with van der Waals surface area (Å²) in [5.74, 6) is 2.04. The van der Waals surface area contributed by atoms with Crippen LogP contribution in [0.4, 0.5) is 0 Å². The molecule has 0 aromatic rings. The van der Waals surface area contributed by atoms with Crippen molar-refractivity contribution in [2.24, 2.45) is 17.3 Å². The third kappa shape index (κ3) is 1.84. The first-order valence-corrected chi connectivity index (χ1v) is 6.31. The van der Waals surface area contributed by atoms with E-state index in [-0.39, 0.29) is 0 Å². The van der Waals surface area contributed by atoms with Crippen molar-refractivity contribution in [3.8, 4) is 0 Å². The lowest BCUT2D eigenvalue weighted by Crippen LogP contribution is -2.44. The van der Waals surface area contributed by atoms with Crippen molar-refractivity contribution >= 4 is 0 Å². The largest absolute Gasteiger partial charge is 0.317 e. The molecule has 2 fully saturated rings. The quantitative estimate of drug-likeness (QED) is 0.713. The monoisotopic (exact) mass is 195 g/mol. The van der Waals surface area contributed by atoms with Crippen LogP contribution in [0.15, 0.2) is 0 Å². The zero-order valence-corrected chi connectivity index (χ0v) is 9.97. The van der Waals surface area contributed by atoms with Crippen LogP contribution >= 0.6 is 0 Å². The molecule has 82 valence electrons. The van der Waals surface area contributed by atoms with Gasteiger partial charge >= 0.3 is 0 Å². The Morgan fingerprint density at radius 3 is 2.36 bits per heavy atom. The van der Waals surface area contributed by atoms with Gasteiger partial charge in [0.05, 0.1) is 0 Å². The second kappa shape index (κ2) is 3.84. The Morgan fingerprint density at radius 2 is 1.86 bits per heavy atom. The Balaban J connectivity index is 2.00. The molecule has 2 rings (SSSR count). The third-order valence-electron chi connectivity index (χ3n) is 4.81. The lowest BCUT2D eigenvalue weighted by molar-refractivity contribution is 0.0292. The predicted octanol–water partition coefficient (Wildman–Crippen LogP) is 3.20. The van der Waals surface area contributed by atoms with Crippen LogP contribution in [0.25, 0.3) is 0 Å². The molecule has 2 aliphatic carbocycles. The van der Waals surface area contributed by atoms with Gasteiger partial charge in [-0.3, -0.25) is 0 Å². The summed E-state index contributed by atoms with van der Waals surface area (Å²) in [4.78, 5) is 0. The Hall–Kier alpha value is -0.0400. The van der Waals surface area contributed by atoms with Crippen molar-refractivity contribution in [3.05, 3.63) is 0 Å². The summed E-state index contributed by atoms with van der Waals surface area (Å²) in [5.41, 5.74) is 0.610. The van der Waals surface area contributed by atoms with Crippen LogP contribution < -0.4 is 5.32 Å². The molecule has 14 heavy (non-hydrogen) atoms. The van der Waals surface area contributed by atoms with Crippen LogP contribution in [-0.4, -0.2) is 13.1 Å². The molecule has 1 heteroatoms. The van der Waals surface area contributed by atoms with Crippen LogP contribution in [0.5, 0.6) is 0 Å². The second-order valence-electron chi connectivity index (χ2n) is 6.05. The fraction of sp³-hybridized carbons (Fsp3) is 1.00. The van der Waals surface area contributed by atoms with Crippen molar-refractivity contribution < 1.29 is 0 Å². The molecule has 2 saturated carbocycles. The minimum atomic E-state index is 0.610. The Kier molecular flexibility index (Phi) is 2.88. The topological polar surface area (TPSA) is 12.0 Å². The maximum absolute atomic E-state index is 3.47. The first-order valence-electron chi connectivity index (χ1n) is 6.31. The van der Waals surface area contributed by atoms with Gasteiger partial charge in [-0.2, -0.15) is 0 Å². The van der Waals surface area contributed by atoms with Crippen LogP contribution in [0.2, 0.25) is 0 Å². The highest BCUT2D eigenvalue weighted by Crippen LogP contribution is 2.50. The van der Waals surface area contributed by atoms with Gasteiger partial charge in [0.15, 0.2) is 0 Å². The van der Waals surface area contributed by atoms with E-state index in [2.05, 4.69) is 26.2 Å². The second-order valence-corrected chi connectivity index (χ2v) is 6.05. The van der Waals surface area contributed by atoms with Gasteiger partial charge in [0, 0.05) is 6.04 Å². The molecule has 0 saturated heterocycles. The van der Waals surface area contributed by atoms with Gasteiger partial charge in [0.1, 0.15) is 0 Å². The van der Waals surface area contributed by atoms with Crippen LogP contribution in [-0.2, 0) is 0 Å². The van der Waals surface area contributed by atoms with Crippen molar-refractivity contribution in [1.29, 1.82) is 0 Å². The molecule has 0 aromatic heterocycles. The highest BCUT2D eigenvalue weighted by Gasteiger charge is 2.41. The maximum atomic E-state index is 3.47. The van der Waals surface area contributed by atoms with Crippen molar-refractivity contribution in [3.63, 3.8) is 0 Å². The molecule has 1 N–H and O–H groups in total. The molecule has 0 aliphatic heterocycles. The molecule has 2 atom stereocenters. The van der Waals surface area contributed by atoms with Crippen molar-refractivity contribution in [1.82, 2.24) is 5.32 Å². The molecular formula is C13H25N. The van der Waals surface area contributed by atoms with Crippen molar-refractivity contribution in [2.45, 2.75) is 58.4 Å². The van der Waals surface area contributed by atoms with E-state index >= 15 is 0 Å². The molecule has 0 aromatic carbocycles. The van der Waals surface area contributed by atoms with Crippen LogP contribution in [0, 0.1) is 17.3 Å². The highest BCUT2D eigenvalue weighted by molar-refractivity contribution is 4.94. The van der Waals surface area contributed by atoms with Gasteiger partial charge in [-0.1, -0.05) is 33.1 Å². The standard InChI is InChI=1S/C13H25N/c1-13(2)8-7-11(14-3)9-12(13)10-5-4-6-10/h10-12,14H,4-9H2,1-3H3. The number of hydrogen-bond acceptors (Lipinski definition) is 1. The molecule has 0 heterocycles. The molecular weight excluding hydrogens is 170 g/mol. The summed E-state index contributed by atoms with van der Waals surface area (Å²) < 4.78 is 0. The summed E-state index contributed by atoms with van der Waals surface area (Å²) >= 11 is 0. The van der Waals surface area contributed by atoms with Gasteiger partial charge in [-0.25, -0.2) is 0 Å². The number of rotatable bonds is 2. The van der Waals surface area contributed by atoms with E-state index < -0.39 is 0 Å². The summed E-state index contributed by atoms with van der Waals surface area (Å²) in [5, 5.41) is 3.47. The Bertz CT molecular complexity index is 193. The summed E-state index contributed by atoms with van der Waals surface area (Å²) in [7, 11) is 2.13. The molecule has 0 radical (unpaired) electrons. The number of hydrogen-bond donors (Lipinski definition) is 1. The molecule has 0 spiro atoms. The van der Waals surface area contributed by atoms with Crippen LogP contribution in [0.3, 0.4) is 0 Å². The minimum Gasteiger partial charge on any atom is -0.317 e. The van der Waals surface area contributed by atoms with E-state index in [1.54, 1.807) is 0 Å². The van der Waals surface area contributed by atoms with Gasteiger partial charge in [0.2, 0.25) is 0 Å². The average Bonchev–Trinajstić information content (AvgIpc) is 2.05. The third-order valence-corrected chi connectivity index (χ3v) is 4.81. The lowest BCUT2D eigenvalue weighted by atomic mass is 9.58. The van der Waals surface area contributed by atoms with Gasteiger partial charge in [-0.05, 0) is 43.6 Å². The predicted molar refractivity (Wildman–Crippen MR) is 61.3 cm³/mol. The first kappa shape index (κ1) is 10.5. The Morgan fingerprint density at radius 1 is 1.14 bits per heavy atom. The lowest BCUT2D eigenvalue weighted by Gasteiger charge is -2.49. The van der Waals surface area contributed by atoms with E-state index in [0.717, 1.165) is 17.9 Å². The van der Waals surface area contributed by atoms with Crippen LogP contribution in [0.1, 0.15) is 52.4 Å². The summed E-state index contributed by atoms with van der Waals surface area (Å²) in [6.45, 7) is 4.98. The molecule has 0 amide bonds. The normalized spacial score (nSPS) is 37.9. The van der Waals surface area contributed by atoms with Gasteiger partial charge in [0.25, 0.3) is 0 Å². The fourth-order valence-corrected chi connectivity index (χ4v) is 3.41. The highest BCUT2D eigenvalue weighted by atomic mass is 14.9. The van der Waals surface area contributed by atoms with E-state index in [1.165, 1.54) is 38.5 Å². The minimum absolute atomic E-state index is 0.610. The van der Waals surface area contributed by atoms with E-state index in [4.69, 9.17) is 0 Å². The smallest absolute Gasteiger partial charge is 0.00672 e. The zero-order valence-electron chi connectivity index (χ0n) is 9.97. The Labute approximate surface area is 88.7 Å². The fourth-order valence-electron chi connectivity index (χ4n) is 3.41. The van der Waals surface area contributed by atoms with E-state index in [0.29, 0.717) is 5.41 Å². The maximum Gasteiger partial charge on any atom is 0.00672 e. The van der Waals surface area contributed by atoms with Crippen molar-refractivity contribution in [2.75, 3.05) is 7.05 Å².